The average molecular weight is 235 g/mol. The Hall–Kier alpha value is -0.800. The summed E-state index contributed by atoms with van der Waals surface area (Å²) in [6.07, 6.45) is 4.18. The Kier molecular flexibility index (Phi) is 4.02. The number of carbonyl (C=O) groups excluding carboxylic acids is 1. The molecule has 0 unspecified atom stereocenters. The zero-order chi connectivity index (χ0) is 11.4. The minimum absolute atomic E-state index is 0.175. The van der Waals surface area contributed by atoms with Crippen LogP contribution in [0.3, 0.4) is 0 Å². The molecule has 1 aromatic carbocycles. The van der Waals surface area contributed by atoms with Gasteiger partial charge in [-0.15, -0.1) is 11.8 Å². The molecule has 86 valence electrons. The molecule has 2 nitrogen and oxygen atoms in total. The Bertz CT molecular complexity index is 355. The Morgan fingerprint density at radius 2 is 2.12 bits per heavy atom. The lowest BCUT2D eigenvalue weighted by Gasteiger charge is -2.21. The van der Waals surface area contributed by atoms with Gasteiger partial charge in [-0.05, 0) is 37.8 Å². The molecule has 0 radical (unpaired) electrons. The molecule has 1 aromatic rings. The van der Waals surface area contributed by atoms with Crippen LogP contribution in [0.5, 0.6) is 0 Å². The second-order valence-electron chi connectivity index (χ2n) is 4.14. The Labute approximate surface area is 101 Å². The lowest BCUT2D eigenvalue weighted by molar-refractivity contribution is 0.0899. The van der Waals surface area contributed by atoms with Crippen LogP contribution >= 0.6 is 11.8 Å². The monoisotopic (exact) mass is 235 g/mol. The fourth-order valence-electron chi connectivity index (χ4n) is 2.07. The molecule has 1 aliphatic rings. The number of rotatable bonds is 3. The number of ketones is 1. The molecule has 2 rings (SSSR count). The number of hydrogen-bond donors (Lipinski definition) is 1. The topological polar surface area (TPSA) is 29.1 Å². The van der Waals surface area contributed by atoms with E-state index in [1.807, 2.05) is 30.5 Å². The van der Waals surface area contributed by atoms with Gasteiger partial charge in [-0.25, -0.2) is 0 Å². The van der Waals surface area contributed by atoms with Gasteiger partial charge >= 0.3 is 0 Å². The van der Waals surface area contributed by atoms with Gasteiger partial charge in [-0.2, -0.15) is 0 Å². The number of thioether (sulfide) groups is 1. The highest BCUT2D eigenvalue weighted by atomic mass is 32.2. The number of benzene rings is 1. The largest absolute Gasteiger partial charge is 0.316 e. The molecule has 0 aliphatic carbocycles. The highest BCUT2D eigenvalue weighted by molar-refractivity contribution is 7.98. The smallest absolute Gasteiger partial charge is 0.167 e. The van der Waals surface area contributed by atoms with Crippen molar-refractivity contribution in [2.24, 2.45) is 5.92 Å². The van der Waals surface area contributed by atoms with Gasteiger partial charge in [0.15, 0.2) is 5.78 Å². The van der Waals surface area contributed by atoms with Crippen molar-refractivity contribution in [3.05, 3.63) is 29.8 Å². The van der Waals surface area contributed by atoms with Crippen LogP contribution in [-0.2, 0) is 0 Å². The van der Waals surface area contributed by atoms with E-state index >= 15 is 0 Å². The molecule has 1 heterocycles. The molecule has 0 saturated carbocycles. The van der Waals surface area contributed by atoms with Crippen molar-refractivity contribution in [3.8, 4) is 0 Å². The van der Waals surface area contributed by atoms with Gasteiger partial charge in [0.1, 0.15) is 0 Å². The van der Waals surface area contributed by atoms with E-state index in [1.54, 1.807) is 11.8 Å². The third-order valence-electron chi connectivity index (χ3n) is 3.04. The molecule has 3 heteroatoms. The molecule has 1 atom stereocenters. The number of hydrogen-bond acceptors (Lipinski definition) is 3. The zero-order valence-corrected chi connectivity index (χ0v) is 10.3. The van der Waals surface area contributed by atoms with Gasteiger partial charge in [-0.3, -0.25) is 4.79 Å². The summed E-state index contributed by atoms with van der Waals surface area (Å²) in [6.45, 7) is 1.89. The van der Waals surface area contributed by atoms with Gasteiger partial charge in [0.25, 0.3) is 0 Å². The van der Waals surface area contributed by atoms with Gasteiger partial charge < -0.3 is 5.32 Å². The van der Waals surface area contributed by atoms with E-state index in [4.69, 9.17) is 0 Å². The first-order valence-corrected chi connectivity index (χ1v) is 6.92. The van der Waals surface area contributed by atoms with Crippen molar-refractivity contribution >= 4 is 17.5 Å². The van der Waals surface area contributed by atoms with E-state index in [1.165, 1.54) is 4.90 Å². The van der Waals surface area contributed by atoms with Gasteiger partial charge in [0.05, 0.1) is 0 Å². The summed E-state index contributed by atoms with van der Waals surface area (Å²) in [5.41, 5.74) is 0.853. The Morgan fingerprint density at radius 3 is 2.69 bits per heavy atom. The summed E-state index contributed by atoms with van der Waals surface area (Å²) in [5, 5.41) is 3.28. The lowest BCUT2D eigenvalue weighted by atomic mass is 9.91. The van der Waals surface area contributed by atoms with Crippen molar-refractivity contribution in [2.75, 3.05) is 19.3 Å². The third-order valence-corrected chi connectivity index (χ3v) is 3.79. The highest BCUT2D eigenvalue weighted by Crippen LogP contribution is 2.19. The molecule has 1 N–H and O–H groups in total. The summed E-state index contributed by atoms with van der Waals surface area (Å²) in [6, 6.07) is 7.94. The second kappa shape index (κ2) is 5.51. The van der Waals surface area contributed by atoms with Gasteiger partial charge in [0.2, 0.25) is 0 Å². The van der Waals surface area contributed by atoms with Crippen LogP contribution in [0.4, 0.5) is 0 Å². The summed E-state index contributed by atoms with van der Waals surface area (Å²) in [4.78, 5) is 13.4. The quantitative estimate of drug-likeness (QED) is 0.645. The fourth-order valence-corrected chi connectivity index (χ4v) is 2.47. The van der Waals surface area contributed by atoms with Crippen molar-refractivity contribution in [2.45, 2.75) is 17.7 Å². The summed E-state index contributed by atoms with van der Waals surface area (Å²) in [5.74, 6) is 0.466. The molecule has 0 spiro atoms. The van der Waals surface area contributed by atoms with Crippen LogP contribution < -0.4 is 5.32 Å². The van der Waals surface area contributed by atoms with Crippen LogP contribution in [0.15, 0.2) is 29.2 Å². The van der Waals surface area contributed by atoms with Crippen molar-refractivity contribution < 1.29 is 4.79 Å². The SMILES string of the molecule is CSc1ccc(C(=O)[C@@H]2CCCNC2)cc1. The van der Waals surface area contributed by atoms with E-state index in [0.29, 0.717) is 5.78 Å². The Morgan fingerprint density at radius 1 is 1.38 bits per heavy atom. The molecular formula is C13H17NOS. The van der Waals surface area contributed by atoms with Gasteiger partial charge in [-0.1, -0.05) is 12.1 Å². The van der Waals surface area contributed by atoms with Crippen LogP contribution in [0.25, 0.3) is 0 Å². The number of Topliss-reactive ketones (excluding diaryl/α,β-unsaturated/α-hetero) is 1. The van der Waals surface area contributed by atoms with E-state index < -0.39 is 0 Å². The molecule has 1 aliphatic heterocycles. The predicted molar refractivity (Wildman–Crippen MR) is 68.1 cm³/mol. The first-order chi connectivity index (χ1) is 7.81. The molecule has 16 heavy (non-hydrogen) atoms. The van der Waals surface area contributed by atoms with Crippen molar-refractivity contribution in [1.82, 2.24) is 5.32 Å². The number of piperidine rings is 1. The maximum absolute atomic E-state index is 12.2. The summed E-state index contributed by atoms with van der Waals surface area (Å²) < 4.78 is 0. The standard InChI is InChI=1S/C13H17NOS/c1-16-12-6-4-10(5-7-12)13(15)11-3-2-8-14-9-11/h4-7,11,14H,2-3,8-9H2,1H3/t11-/m1/s1. The average Bonchev–Trinajstić information content (AvgIpc) is 2.39. The number of nitrogens with one attached hydrogen (secondary N) is 1. The fraction of sp³-hybridized carbons (Fsp3) is 0.462. The third kappa shape index (κ3) is 2.66. The van der Waals surface area contributed by atoms with E-state index in [2.05, 4.69) is 5.32 Å². The van der Waals surface area contributed by atoms with Crippen LogP contribution in [0, 0.1) is 5.92 Å². The highest BCUT2D eigenvalue weighted by Gasteiger charge is 2.21. The van der Waals surface area contributed by atoms with Gasteiger partial charge in [0, 0.05) is 22.9 Å². The molecule has 1 fully saturated rings. The van der Waals surface area contributed by atoms with E-state index in [0.717, 1.165) is 31.5 Å². The summed E-state index contributed by atoms with van der Waals surface area (Å²) >= 11 is 1.70. The van der Waals surface area contributed by atoms with Crippen LogP contribution in [0.2, 0.25) is 0 Å². The second-order valence-corrected chi connectivity index (χ2v) is 5.02. The first-order valence-electron chi connectivity index (χ1n) is 5.70. The van der Waals surface area contributed by atoms with E-state index in [9.17, 15) is 4.79 Å². The zero-order valence-electron chi connectivity index (χ0n) is 9.53. The minimum Gasteiger partial charge on any atom is -0.316 e. The molecular weight excluding hydrogens is 218 g/mol. The molecule has 0 amide bonds. The Balaban J connectivity index is 2.07. The molecule has 0 bridgehead atoms. The molecule has 0 aromatic heterocycles. The number of carbonyl (C=O) groups is 1. The maximum atomic E-state index is 12.2. The minimum atomic E-state index is 0.175. The predicted octanol–water partition coefficient (Wildman–Crippen LogP) is 2.59. The lowest BCUT2D eigenvalue weighted by Crippen LogP contribution is -2.34. The maximum Gasteiger partial charge on any atom is 0.167 e. The first kappa shape index (κ1) is 11.7. The van der Waals surface area contributed by atoms with Crippen molar-refractivity contribution in [1.29, 1.82) is 0 Å². The van der Waals surface area contributed by atoms with E-state index in [-0.39, 0.29) is 5.92 Å². The normalized spacial score (nSPS) is 20.7. The van der Waals surface area contributed by atoms with Crippen molar-refractivity contribution in [3.63, 3.8) is 0 Å². The molecule has 1 saturated heterocycles. The summed E-state index contributed by atoms with van der Waals surface area (Å²) in [7, 11) is 0. The van der Waals surface area contributed by atoms with Crippen LogP contribution in [0.1, 0.15) is 23.2 Å². The van der Waals surface area contributed by atoms with Crippen LogP contribution in [-0.4, -0.2) is 25.1 Å².